The van der Waals surface area contributed by atoms with Crippen molar-refractivity contribution in [3.05, 3.63) is 22.9 Å². The molecule has 0 radical (unpaired) electrons. The van der Waals surface area contributed by atoms with Crippen LogP contribution in [0.1, 0.15) is 0 Å². The maximum Gasteiger partial charge on any atom is 0.366 e. The first-order valence-electron chi connectivity index (χ1n) is 2.78. The highest BCUT2D eigenvalue weighted by Crippen LogP contribution is 1.97. The molecule has 0 saturated carbocycles. The van der Waals surface area contributed by atoms with Crippen LogP contribution in [0.5, 0.6) is 0 Å². The second-order valence-electron chi connectivity index (χ2n) is 1.80. The van der Waals surface area contributed by atoms with Crippen LogP contribution in [0.3, 0.4) is 0 Å². The Bertz CT molecular complexity index is 385. The minimum atomic E-state index is -0.423. The van der Waals surface area contributed by atoms with Gasteiger partial charge in [-0.3, -0.25) is 0 Å². The molecule has 0 aromatic carbocycles. The van der Waals surface area contributed by atoms with Gasteiger partial charge in [0.2, 0.25) is 0 Å². The summed E-state index contributed by atoms with van der Waals surface area (Å²) >= 11 is 0. The SMILES string of the molecule is O=c1[nH]nnn1-c1cnoc1. The number of tetrazole rings is 1. The van der Waals surface area contributed by atoms with Crippen molar-refractivity contribution < 1.29 is 4.52 Å². The molecule has 56 valence electrons. The summed E-state index contributed by atoms with van der Waals surface area (Å²) in [6.07, 6.45) is 2.66. The van der Waals surface area contributed by atoms with Crippen LogP contribution in [0.2, 0.25) is 0 Å². The molecule has 0 atom stereocenters. The summed E-state index contributed by atoms with van der Waals surface area (Å²) in [5.74, 6) is 0. The molecule has 7 heteroatoms. The van der Waals surface area contributed by atoms with Gasteiger partial charge in [-0.1, -0.05) is 5.16 Å². The minimum Gasteiger partial charge on any atom is -0.362 e. The van der Waals surface area contributed by atoms with Crippen molar-refractivity contribution >= 4 is 0 Å². The van der Waals surface area contributed by atoms with Crippen LogP contribution >= 0.6 is 0 Å². The topological polar surface area (TPSA) is 89.6 Å². The first-order chi connectivity index (χ1) is 5.38. The fourth-order valence-corrected chi connectivity index (χ4v) is 0.671. The van der Waals surface area contributed by atoms with Crippen LogP contribution in [-0.2, 0) is 0 Å². The summed E-state index contributed by atoms with van der Waals surface area (Å²) in [5, 5.41) is 12.3. The van der Waals surface area contributed by atoms with Crippen molar-refractivity contribution in [2.24, 2.45) is 0 Å². The molecule has 0 unspecified atom stereocenters. The van der Waals surface area contributed by atoms with Crippen molar-refractivity contribution in [1.29, 1.82) is 0 Å². The highest BCUT2D eigenvalue weighted by Gasteiger charge is 2.03. The van der Waals surface area contributed by atoms with Crippen molar-refractivity contribution in [3.63, 3.8) is 0 Å². The highest BCUT2D eigenvalue weighted by molar-refractivity contribution is 5.19. The maximum atomic E-state index is 10.8. The van der Waals surface area contributed by atoms with Gasteiger partial charge < -0.3 is 4.52 Å². The van der Waals surface area contributed by atoms with Gasteiger partial charge in [-0.05, 0) is 10.4 Å². The van der Waals surface area contributed by atoms with E-state index in [1.54, 1.807) is 0 Å². The second kappa shape index (κ2) is 2.04. The molecule has 0 saturated heterocycles. The zero-order valence-electron chi connectivity index (χ0n) is 5.26. The van der Waals surface area contributed by atoms with Crippen molar-refractivity contribution in [2.75, 3.05) is 0 Å². The van der Waals surface area contributed by atoms with Gasteiger partial charge in [0.15, 0.2) is 0 Å². The van der Waals surface area contributed by atoms with Gasteiger partial charge in [0, 0.05) is 0 Å². The highest BCUT2D eigenvalue weighted by atomic mass is 16.5. The molecule has 1 N–H and O–H groups in total. The number of H-pyrrole nitrogens is 1. The van der Waals surface area contributed by atoms with Gasteiger partial charge >= 0.3 is 5.69 Å². The largest absolute Gasteiger partial charge is 0.366 e. The number of nitrogens with one attached hydrogen (secondary N) is 1. The van der Waals surface area contributed by atoms with Crippen LogP contribution in [0.4, 0.5) is 0 Å². The van der Waals surface area contributed by atoms with Crippen LogP contribution < -0.4 is 5.69 Å². The Labute approximate surface area is 59.6 Å². The van der Waals surface area contributed by atoms with E-state index < -0.39 is 5.69 Å². The molecule has 2 heterocycles. The third-order valence-electron chi connectivity index (χ3n) is 1.14. The standard InChI is InChI=1S/C4H3N5O2/c10-4-6-7-8-9(4)3-1-5-11-2-3/h1-2H,(H,6,8,10). The van der Waals surface area contributed by atoms with E-state index in [2.05, 4.69) is 25.2 Å². The molecule has 0 fully saturated rings. The quantitative estimate of drug-likeness (QED) is 0.564. The lowest BCUT2D eigenvalue weighted by Crippen LogP contribution is -2.15. The number of nitrogens with zero attached hydrogens (tertiary/aromatic N) is 4. The van der Waals surface area contributed by atoms with Crippen LogP contribution in [0, 0.1) is 0 Å². The van der Waals surface area contributed by atoms with Crippen molar-refractivity contribution in [1.82, 2.24) is 25.4 Å². The molecular formula is C4H3N5O2. The van der Waals surface area contributed by atoms with Crippen molar-refractivity contribution in [2.45, 2.75) is 0 Å². The Morgan fingerprint density at radius 1 is 1.64 bits per heavy atom. The van der Waals surface area contributed by atoms with E-state index in [0.29, 0.717) is 5.69 Å². The van der Waals surface area contributed by atoms with Crippen LogP contribution in [0.25, 0.3) is 5.69 Å². The number of hydrogen-bond acceptors (Lipinski definition) is 5. The van der Waals surface area contributed by atoms with Gasteiger partial charge in [0.25, 0.3) is 0 Å². The summed E-state index contributed by atoms with van der Waals surface area (Å²) in [6, 6.07) is 0. The van der Waals surface area contributed by atoms with Gasteiger partial charge in [-0.15, -0.1) is 0 Å². The molecule has 0 aliphatic carbocycles. The molecule has 0 amide bonds. The molecule has 0 spiro atoms. The summed E-state index contributed by atoms with van der Waals surface area (Å²) in [7, 11) is 0. The molecule has 2 aromatic rings. The molecule has 11 heavy (non-hydrogen) atoms. The van der Waals surface area contributed by atoms with E-state index >= 15 is 0 Å². The summed E-state index contributed by atoms with van der Waals surface area (Å²) in [4.78, 5) is 10.8. The lowest BCUT2D eigenvalue weighted by atomic mass is 10.6. The molecule has 0 aliphatic heterocycles. The fourth-order valence-electron chi connectivity index (χ4n) is 0.671. The van der Waals surface area contributed by atoms with E-state index in [4.69, 9.17) is 0 Å². The third-order valence-corrected chi connectivity index (χ3v) is 1.14. The zero-order chi connectivity index (χ0) is 7.68. The Kier molecular flexibility index (Phi) is 1.08. The normalized spacial score (nSPS) is 10.2. The molecular weight excluding hydrogens is 150 g/mol. The van der Waals surface area contributed by atoms with Crippen molar-refractivity contribution in [3.8, 4) is 5.69 Å². The number of hydrogen-bond donors (Lipinski definition) is 1. The molecule has 2 aromatic heterocycles. The number of aromatic amines is 1. The maximum absolute atomic E-state index is 10.8. The zero-order valence-corrected chi connectivity index (χ0v) is 5.26. The smallest absolute Gasteiger partial charge is 0.362 e. The predicted octanol–water partition coefficient (Wildman–Crippen LogP) is -1.06. The van der Waals surface area contributed by atoms with E-state index in [-0.39, 0.29) is 0 Å². The average Bonchev–Trinajstić information content (AvgIpc) is 2.55. The van der Waals surface area contributed by atoms with Gasteiger partial charge in [0.1, 0.15) is 12.0 Å². The van der Waals surface area contributed by atoms with Gasteiger partial charge in [-0.25, -0.2) is 9.89 Å². The third kappa shape index (κ3) is 0.820. The molecule has 2 rings (SSSR count). The Hall–Kier alpha value is -1.92. The first kappa shape index (κ1) is 5.83. The molecule has 0 aliphatic rings. The second-order valence-corrected chi connectivity index (χ2v) is 1.80. The summed E-state index contributed by atoms with van der Waals surface area (Å²) in [5.41, 5.74) is 0.0250. The van der Waals surface area contributed by atoms with Crippen LogP contribution in [0.15, 0.2) is 21.8 Å². The molecule has 0 bridgehead atoms. The Balaban J connectivity index is 2.62. The van der Waals surface area contributed by atoms with E-state index in [9.17, 15) is 4.79 Å². The Morgan fingerprint density at radius 3 is 3.09 bits per heavy atom. The lowest BCUT2D eigenvalue weighted by molar-refractivity contribution is 0.419. The summed E-state index contributed by atoms with van der Waals surface area (Å²) < 4.78 is 5.54. The number of aromatic nitrogens is 5. The first-order valence-corrected chi connectivity index (χ1v) is 2.78. The Morgan fingerprint density at radius 2 is 2.55 bits per heavy atom. The lowest BCUT2D eigenvalue weighted by Gasteiger charge is -1.84. The predicted molar refractivity (Wildman–Crippen MR) is 32.0 cm³/mol. The monoisotopic (exact) mass is 153 g/mol. The average molecular weight is 153 g/mol. The van der Waals surface area contributed by atoms with Gasteiger partial charge in [-0.2, -0.15) is 4.68 Å². The minimum absolute atomic E-state index is 0.423. The van der Waals surface area contributed by atoms with E-state index in [1.807, 2.05) is 0 Å². The van der Waals surface area contributed by atoms with E-state index in [1.165, 1.54) is 12.5 Å². The number of rotatable bonds is 1. The molecule has 7 nitrogen and oxygen atoms in total. The summed E-state index contributed by atoms with van der Waals surface area (Å²) in [6.45, 7) is 0. The van der Waals surface area contributed by atoms with E-state index in [0.717, 1.165) is 4.68 Å². The van der Waals surface area contributed by atoms with Gasteiger partial charge in [0.05, 0.1) is 6.20 Å². The van der Waals surface area contributed by atoms with Crippen LogP contribution in [-0.4, -0.2) is 25.4 Å². The fraction of sp³-hybridized carbons (Fsp3) is 0.